The molecule has 0 fully saturated rings. The van der Waals surface area contributed by atoms with Gasteiger partial charge in [-0.05, 0) is 25.2 Å². The summed E-state index contributed by atoms with van der Waals surface area (Å²) in [5, 5.41) is 0. The average Bonchev–Trinajstić information content (AvgIpc) is 3.38. The summed E-state index contributed by atoms with van der Waals surface area (Å²) in [5.41, 5.74) is 0. The molecule has 0 aliphatic heterocycles. The van der Waals surface area contributed by atoms with E-state index >= 15 is 0 Å². The van der Waals surface area contributed by atoms with Crippen LogP contribution in [0.5, 0.6) is 0 Å². The number of carbonyl (C=O) groups is 3. The van der Waals surface area contributed by atoms with Crippen molar-refractivity contribution in [2.75, 3.05) is 13.2 Å². The number of hydrogen-bond acceptors (Lipinski definition) is 6. The number of unbranched alkanes of at least 4 members (excludes halogenated alkanes) is 49. The van der Waals surface area contributed by atoms with Crippen molar-refractivity contribution in [1.82, 2.24) is 0 Å². The Morgan fingerprint density at radius 1 is 0.260 bits per heavy atom. The summed E-state index contributed by atoms with van der Waals surface area (Å²) >= 11 is 0. The second-order valence-electron chi connectivity index (χ2n) is 23.6. The highest BCUT2D eigenvalue weighted by Crippen LogP contribution is 2.19. The minimum absolute atomic E-state index is 0.0608. The maximum Gasteiger partial charge on any atom is 0.306 e. The van der Waals surface area contributed by atoms with E-state index in [0.29, 0.717) is 19.3 Å². The van der Waals surface area contributed by atoms with Gasteiger partial charge >= 0.3 is 17.9 Å². The summed E-state index contributed by atoms with van der Waals surface area (Å²) in [6.45, 7) is 9.11. The second-order valence-corrected chi connectivity index (χ2v) is 23.6. The predicted molar refractivity (Wildman–Crippen MR) is 317 cm³/mol. The Kier molecular flexibility index (Phi) is 59.9. The zero-order valence-corrected chi connectivity index (χ0v) is 50.1. The van der Waals surface area contributed by atoms with Crippen LogP contribution in [0.25, 0.3) is 0 Å². The first-order valence-electron chi connectivity index (χ1n) is 33.4. The molecule has 0 aromatic rings. The van der Waals surface area contributed by atoms with E-state index in [9.17, 15) is 14.4 Å². The maximum absolute atomic E-state index is 12.9. The quantitative estimate of drug-likeness (QED) is 0.0343. The van der Waals surface area contributed by atoms with Gasteiger partial charge in [-0.3, -0.25) is 14.4 Å². The topological polar surface area (TPSA) is 78.9 Å². The average molecular weight is 1030 g/mol. The molecule has 0 heterocycles. The molecule has 434 valence electrons. The molecule has 6 heteroatoms. The van der Waals surface area contributed by atoms with Crippen molar-refractivity contribution in [3.05, 3.63) is 0 Å². The Hall–Kier alpha value is -1.59. The molecule has 0 radical (unpaired) electrons. The van der Waals surface area contributed by atoms with Crippen molar-refractivity contribution in [2.45, 2.75) is 393 Å². The van der Waals surface area contributed by atoms with Gasteiger partial charge in [0.25, 0.3) is 0 Å². The molecule has 0 aliphatic carbocycles. The van der Waals surface area contributed by atoms with E-state index in [4.69, 9.17) is 14.2 Å². The Morgan fingerprint density at radius 3 is 0.671 bits per heavy atom. The van der Waals surface area contributed by atoms with Gasteiger partial charge in [-0.15, -0.1) is 0 Å². The molecule has 1 atom stereocenters. The highest BCUT2D eigenvalue weighted by Gasteiger charge is 2.19. The molecule has 0 aromatic carbocycles. The molecule has 0 rings (SSSR count). The zero-order chi connectivity index (χ0) is 53.0. The van der Waals surface area contributed by atoms with Crippen LogP contribution in [0.4, 0.5) is 0 Å². The van der Waals surface area contributed by atoms with E-state index in [1.54, 1.807) is 0 Å². The fourth-order valence-electron chi connectivity index (χ4n) is 10.5. The smallest absolute Gasteiger partial charge is 0.306 e. The fraction of sp³-hybridized carbons (Fsp3) is 0.955. The molecule has 0 N–H and O–H groups in total. The van der Waals surface area contributed by atoms with Crippen LogP contribution in [0.3, 0.4) is 0 Å². The van der Waals surface area contributed by atoms with Crippen LogP contribution in [0.15, 0.2) is 0 Å². The summed E-state index contributed by atoms with van der Waals surface area (Å²) in [7, 11) is 0. The molecular formula is C67H130O6. The van der Waals surface area contributed by atoms with Crippen LogP contribution >= 0.6 is 0 Å². The van der Waals surface area contributed by atoms with Crippen molar-refractivity contribution in [2.24, 2.45) is 5.92 Å². The van der Waals surface area contributed by atoms with Crippen molar-refractivity contribution in [1.29, 1.82) is 0 Å². The molecule has 0 unspecified atom stereocenters. The van der Waals surface area contributed by atoms with Gasteiger partial charge in [0.1, 0.15) is 13.2 Å². The van der Waals surface area contributed by atoms with Gasteiger partial charge in [0.15, 0.2) is 6.10 Å². The number of rotatable bonds is 62. The lowest BCUT2D eigenvalue weighted by Gasteiger charge is -2.18. The van der Waals surface area contributed by atoms with E-state index in [1.165, 1.54) is 283 Å². The predicted octanol–water partition coefficient (Wildman–Crippen LogP) is 22.5. The summed E-state index contributed by atoms with van der Waals surface area (Å²) in [6.07, 6.45) is 69.7. The largest absolute Gasteiger partial charge is 0.462 e. The van der Waals surface area contributed by atoms with Gasteiger partial charge in [0, 0.05) is 19.3 Å². The van der Waals surface area contributed by atoms with Gasteiger partial charge in [0.05, 0.1) is 0 Å². The third-order valence-electron chi connectivity index (χ3n) is 15.5. The van der Waals surface area contributed by atoms with E-state index in [-0.39, 0.29) is 31.1 Å². The monoisotopic (exact) mass is 1030 g/mol. The molecule has 0 aromatic heterocycles. The first-order chi connectivity index (χ1) is 35.9. The molecule has 0 amide bonds. The van der Waals surface area contributed by atoms with E-state index in [2.05, 4.69) is 27.7 Å². The van der Waals surface area contributed by atoms with Gasteiger partial charge in [-0.25, -0.2) is 0 Å². The number of carbonyl (C=O) groups excluding carboxylic acids is 3. The van der Waals surface area contributed by atoms with Crippen molar-refractivity contribution >= 4 is 17.9 Å². The van der Waals surface area contributed by atoms with Gasteiger partial charge in [0.2, 0.25) is 0 Å². The number of esters is 3. The Labute approximate surface area is 457 Å². The van der Waals surface area contributed by atoms with Crippen molar-refractivity contribution < 1.29 is 28.6 Å². The third-order valence-corrected chi connectivity index (χ3v) is 15.5. The lowest BCUT2D eigenvalue weighted by Crippen LogP contribution is -2.30. The molecular weight excluding hydrogens is 901 g/mol. The Bertz CT molecular complexity index is 1110. The third kappa shape index (κ3) is 61.1. The SMILES string of the molecule is CCCCCCCCCCCCCCCCCCCCC(=O)OC[C@@H](COC(=O)CCCCCCCCCCCCCCCCCCC(C)C)OC(=O)CCCCCCCCCCCCCCCCCCCC. The Balaban J connectivity index is 4.28. The maximum atomic E-state index is 12.9. The lowest BCUT2D eigenvalue weighted by molar-refractivity contribution is -0.167. The summed E-state index contributed by atoms with van der Waals surface area (Å²) < 4.78 is 17.0. The van der Waals surface area contributed by atoms with Gasteiger partial charge < -0.3 is 14.2 Å². The summed E-state index contributed by atoms with van der Waals surface area (Å²) in [5.74, 6) is 0.0292. The van der Waals surface area contributed by atoms with Crippen LogP contribution in [0, 0.1) is 5.92 Å². The van der Waals surface area contributed by atoms with Crippen molar-refractivity contribution in [3.63, 3.8) is 0 Å². The minimum Gasteiger partial charge on any atom is -0.462 e. The first kappa shape index (κ1) is 71.4. The van der Waals surface area contributed by atoms with E-state index < -0.39 is 6.10 Å². The summed E-state index contributed by atoms with van der Waals surface area (Å²) in [6, 6.07) is 0. The lowest BCUT2D eigenvalue weighted by atomic mass is 10.0. The molecule has 6 nitrogen and oxygen atoms in total. The zero-order valence-electron chi connectivity index (χ0n) is 50.1. The first-order valence-corrected chi connectivity index (χ1v) is 33.4. The van der Waals surface area contributed by atoms with Crippen LogP contribution < -0.4 is 0 Å². The van der Waals surface area contributed by atoms with Crippen LogP contribution in [-0.4, -0.2) is 37.2 Å². The molecule has 0 saturated carbocycles. The number of ether oxygens (including phenoxy) is 3. The molecule has 73 heavy (non-hydrogen) atoms. The normalized spacial score (nSPS) is 12.0. The Morgan fingerprint density at radius 2 is 0.452 bits per heavy atom. The van der Waals surface area contributed by atoms with Crippen LogP contribution in [0.1, 0.15) is 387 Å². The molecule has 0 bridgehead atoms. The van der Waals surface area contributed by atoms with Gasteiger partial charge in [-0.1, -0.05) is 349 Å². The summed E-state index contributed by atoms with van der Waals surface area (Å²) in [4.78, 5) is 38.4. The molecule has 0 saturated heterocycles. The highest BCUT2D eigenvalue weighted by atomic mass is 16.6. The van der Waals surface area contributed by atoms with Crippen LogP contribution in [-0.2, 0) is 28.6 Å². The fourth-order valence-corrected chi connectivity index (χ4v) is 10.5. The standard InChI is InChI=1S/C67H130O6/c1-5-7-9-11-13-15-17-19-21-23-25-30-34-38-42-46-50-54-58-65(68)71-61-64(73-67(70)60-56-52-48-44-40-36-32-26-24-22-20-18-16-14-12-10-8-6-2)62-72-66(69)59-55-51-47-43-39-35-31-28-27-29-33-37-41-45-49-53-57-63(3)4/h63-64H,5-62H2,1-4H3/t64-/m0/s1. The minimum atomic E-state index is -0.763. The highest BCUT2D eigenvalue weighted by molar-refractivity contribution is 5.71. The van der Waals surface area contributed by atoms with Crippen molar-refractivity contribution in [3.8, 4) is 0 Å². The van der Waals surface area contributed by atoms with Gasteiger partial charge in [-0.2, -0.15) is 0 Å². The van der Waals surface area contributed by atoms with Crippen LogP contribution in [0.2, 0.25) is 0 Å². The molecule has 0 spiro atoms. The second kappa shape index (κ2) is 61.3. The number of hydrogen-bond donors (Lipinski definition) is 0. The van der Waals surface area contributed by atoms with E-state index in [0.717, 1.165) is 63.7 Å². The molecule has 0 aliphatic rings. The van der Waals surface area contributed by atoms with E-state index in [1.807, 2.05) is 0 Å².